The maximum absolute atomic E-state index is 11.0. The highest BCUT2D eigenvalue weighted by Crippen LogP contribution is 2.24. The van der Waals surface area contributed by atoms with Gasteiger partial charge in [-0.25, -0.2) is 0 Å². The van der Waals surface area contributed by atoms with Gasteiger partial charge < -0.3 is 10.4 Å². The molecule has 19 heavy (non-hydrogen) atoms. The Morgan fingerprint density at radius 3 is 2.74 bits per heavy atom. The van der Waals surface area contributed by atoms with Gasteiger partial charge in [-0.1, -0.05) is 18.2 Å². The lowest BCUT2D eigenvalue weighted by molar-refractivity contribution is -0.119. The molecule has 0 spiro atoms. The molecule has 1 fully saturated rings. The summed E-state index contributed by atoms with van der Waals surface area (Å²) >= 11 is 0. The van der Waals surface area contributed by atoms with E-state index >= 15 is 0 Å². The molecule has 1 amide bonds. The molecule has 1 aliphatic rings. The predicted octanol–water partition coefficient (Wildman–Crippen LogP) is 1.80. The van der Waals surface area contributed by atoms with Crippen LogP contribution in [0.2, 0.25) is 0 Å². The molecule has 1 saturated heterocycles. The van der Waals surface area contributed by atoms with Gasteiger partial charge in [0.2, 0.25) is 5.91 Å². The highest BCUT2D eigenvalue weighted by molar-refractivity contribution is 5.73. The molecule has 0 saturated carbocycles. The normalized spacial score (nSPS) is 17.4. The Hall–Kier alpha value is -1.55. The third-order valence-electron chi connectivity index (χ3n) is 3.71. The standard InChI is InChI=1S/C15H22N2O2/c1-11-4-3-5-13(15(11)19)10-17-8-6-14(7-9-17)16-12(2)18/h3-5,14,19H,6-10H2,1-2H3,(H,16,18). The summed E-state index contributed by atoms with van der Waals surface area (Å²) in [5.74, 6) is 0.460. The van der Waals surface area contributed by atoms with Gasteiger partial charge >= 0.3 is 0 Å². The number of hydrogen-bond donors (Lipinski definition) is 2. The third-order valence-corrected chi connectivity index (χ3v) is 3.71. The van der Waals surface area contributed by atoms with Crippen LogP contribution < -0.4 is 5.32 Å². The van der Waals surface area contributed by atoms with E-state index in [9.17, 15) is 9.90 Å². The number of nitrogens with zero attached hydrogens (tertiary/aromatic N) is 1. The number of phenolic OH excluding ortho intramolecular Hbond substituents is 1. The molecule has 2 N–H and O–H groups in total. The fraction of sp³-hybridized carbons (Fsp3) is 0.533. The summed E-state index contributed by atoms with van der Waals surface area (Å²) in [6.07, 6.45) is 1.96. The topological polar surface area (TPSA) is 52.6 Å². The fourth-order valence-electron chi connectivity index (χ4n) is 2.61. The molecule has 0 atom stereocenters. The van der Waals surface area contributed by atoms with Crippen molar-refractivity contribution in [2.75, 3.05) is 13.1 Å². The van der Waals surface area contributed by atoms with E-state index < -0.39 is 0 Å². The number of benzene rings is 1. The first-order valence-electron chi connectivity index (χ1n) is 6.83. The van der Waals surface area contributed by atoms with Crippen LogP contribution in [0.5, 0.6) is 5.75 Å². The Labute approximate surface area is 114 Å². The smallest absolute Gasteiger partial charge is 0.217 e. The van der Waals surface area contributed by atoms with Crippen molar-refractivity contribution in [2.45, 2.75) is 39.3 Å². The van der Waals surface area contributed by atoms with E-state index in [1.165, 1.54) is 0 Å². The lowest BCUT2D eigenvalue weighted by Crippen LogP contribution is -2.43. The van der Waals surface area contributed by atoms with Crippen molar-refractivity contribution >= 4 is 5.91 Å². The number of carbonyl (C=O) groups excluding carboxylic acids is 1. The molecule has 1 aliphatic heterocycles. The lowest BCUT2D eigenvalue weighted by atomic mass is 10.0. The number of carbonyl (C=O) groups is 1. The van der Waals surface area contributed by atoms with Gasteiger partial charge in [0.1, 0.15) is 5.75 Å². The van der Waals surface area contributed by atoms with Crippen LogP contribution in [0.4, 0.5) is 0 Å². The van der Waals surface area contributed by atoms with Gasteiger partial charge in [0, 0.05) is 38.2 Å². The van der Waals surface area contributed by atoms with E-state index in [1.54, 1.807) is 6.92 Å². The van der Waals surface area contributed by atoms with Crippen LogP contribution >= 0.6 is 0 Å². The zero-order valence-electron chi connectivity index (χ0n) is 11.6. The van der Waals surface area contributed by atoms with Crippen molar-refractivity contribution in [1.82, 2.24) is 10.2 Å². The molecular formula is C15H22N2O2. The number of rotatable bonds is 3. The first kappa shape index (κ1) is 13.9. The molecule has 0 aromatic heterocycles. The van der Waals surface area contributed by atoms with E-state index in [0.717, 1.165) is 43.6 Å². The Morgan fingerprint density at radius 2 is 2.11 bits per heavy atom. The minimum atomic E-state index is 0.0507. The number of likely N-dealkylation sites (tertiary alicyclic amines) is 1. The lowest BCUT2D eigenvalue weighted by Gasteiger charge is -2.32. The van der Waals surface area contributed by atoms with Crippen LogP contribution in [0.15, 0.2) is 18.2 Å². The zero-order valence-corrected chi connectivity index (χ0v) is 11.6. The van der Waals surface area contributed by atoms with Gasteiger partial charge in [0.15, 0.2) is 0 Å². The summed E-state index contributed by atoms with van der Waals surface area (Å²) in [5, 5.41) is 13.0. The second-order valence-electron chi connectivity index (χ2n) is 5.33. The minimum absolute atomic E-state index is 0.0507. The monoisotopic (exact) mass is 262 g/mol. The van der Waals surface area contributed by atoms with E-state index in [-0.39, 0.29) is 5.91 Å². The van der Waals surface area contributed by atoms with Crippen molar-refractivity contribution in [3.63, 3.8) is 0 Å². The summed E-state index contributed by atoms with van der Waals surface area (Å²) in [5.41, 5.74) is 1.91. The molecule has 2 rings (SSSR count). The number of aryl methyl sites for hydroxylation is 1. The fourth-order valence-corrected chi connectivity index (χ4v) is 2.61. The van der Waals surface area contributed by atoms with Gasteiger partial charge in [-0.05, 0) is 25.3 Å². The molecule has 1 aromatic carbocycles. The predicted molar refractivity (Wildman–Crippen MR) is 75.0 cm³/mol. The third kappa shape index (κ3) is 3.70. The molecule has 0 unspecified atom stereocenters. The Balaban J connectivity index is 1.89. The minimum Gasteiger partial charge on any atom is -0.507 e. The number of amides is 1. The van der Waals surface area contributed by atoms with E-state index in [0.29, 0.717) is 11.8 Å². The molecular weight excluding hydrogens is 240 g/mol. The maximum atomic E-state index is 11.0. The first-order chi connectivity index (χ1) is 9.06. The second kappa shape index (κ2) is 6.06. The number of hydrogen-bond acceptors (Lipinski definition) is 3. The molecule has 0 bridgehead atoms. The summed E-state index contributed by atoms with van der Waals surface area (Å²) in [4.78, 5) is 13.3. The molecule has 0 aliphatic carbocycles. The van der Waals surface area contributed by atoms with Crippen molar-refractivity contribution < 1.29 is 9.90 Å². The van der Waals surface area contributed by atoms with Gasteiger partial charge in [0.25, 0.3) is 0 Å². The molecule has 0 radical (unpaired) electrons. The van der Waals surface area contributed by atoms with Crippen LogP contribution in [-0.4, -0.2) is 35.0 Å². The number of aromatic hydroxyl groups is 1. The summed E-state index contributed by atoms with van der Waals surface area (Å²) in [6.45, 7) is 6.18. The summed E-state index contributed by atoms with van der Waals surface area (Å²) < 4.78 is 0. The second-order valence-corrected chi connectivity index (χ2v) is 5.33. The Bertz CT molecular complexity index is 451. The average Bonchev–Trinajstić information content (AvgIpc) is 2.37. The summed E-state index contributed by atoms with van der Waals surface area (Å²) in [6, 6.07) is 6.18. The van der Waals surface area contributed by atoms with Gasteiger partial charge in [-0.3, -0.25) is 9.69 Å². The van der Waals surface area contributed by atoms with Crippen molar-refractivity contribution in [3.05, 3.63) is 29.3 Å². The highest BCUT2D eigenvalue weighted by atomic mass is 16.3. The molecule has 104 valence electrons. The van der Waals surface area contributed by atoms with Gasteiger partial charge in [-0.15, -0.1) is 0 Å². The SMILES string of the molecule is CC(=O)NC1CCN(Cc2cccc(C)c2O)CC1. The van der Waals surface area contributed by atoms with Crippen molar-refractivity contribution in [3.8, 4) is 5.75 Å². The quantitative estimate of drug-likeness (QED) is 0.873. The van der Waals surface area contributed by atoms with Gasteiger partial charge in [0.05, 0.1) is 0 Å². The van der Waals surface area contributed by atoms with E-state index in [4.69, 9.17) is 0 Å². The highest BCUT2D eigenvalue weighted by Gasteiger charge is 2.20. The van der Waals surface area contributed by atoms with Crippen LogP contribution in [-0.2, 0) is 11.3 Å². The van der Waals surface area contributed by atoms with Crippen molar-refractivity contribution in [1.29, 1.82) is 0 Å². The molecule has 4 heteroatoms. The van der Waals surface area contributed by atoms with E-state index in [1.807, 2.05) is 25.1 Å². The van der Waals surface area contributed by atoms with Crippen LogP contribution in [0.25, 0.3) is 0 Å². The van der Waals surface area contributed by atoms with Crippen LogP contribution in [0, 0.1) is 6.92 Å². The number of para-hydroxylation sites is 1. The number of nitrogens with one attached hydrogen (secondary N) is 1. The summed E-state index contributed by atoms with van der Waals surface area (Å²) in [7, 11) is 0. The largest absolute Gasteiger partial charge is 0.507 e. The maximum Gasteiger partial charge on any atom is 0.217 e. The van der Waals surface area contributed by atoms with Crippen LogP contribution in [0.3, 0.4) is 0 Å². The average molecular weight is 262 g/mol. The number of phenols is 1. The van der Waals surface area contributed by atoms with Crippen molar-refractivity contribution in [2.24, 2.45) is 0 Å². The Kier molecular flexibility index (Phi) is 4.43. The number of piperidine rings is 1. The molecule has 1 aromatic rings. The van der Waals surface area contributed by atoms with Crippen LogP contribution in [0.1, 0.15) is 30.9 Å². The molecule has 1 heterocycles. The Morgan fingerprint density at radius 1 is 1.42 bits per heavy atom. The van der Waals surface area contributed by atoms with E-state index in [2.05, 4.69) is 10.2 Å². The van der Waals surface area contributed by atoms with Gasteiger partial charge in [-0.2, -0.15) is 0 Å². The molecule has 4 nitrogen and oxygen atoms in total. The first-order valence-corrected chi connectivity index (χ1v) is 6.83. The zero-order chi connectivity index (χ0) is 13.8.